The molecule has 4 N–H and O–H groups in total. The standard InChI is InChI=1S/C24H27IN6O2/c1-15(2)19(13-32)28-24-29-22(26-11-17-10-18(25)8-9-20(17)33)21-23(30-24)31(14-27-21)12-16-6-4-3-5-7-16/h3-10,14-15,19,32-33H,11-13H2,1-2H3,(H2,26,28,29,30). The first kappa shape index (κ1) is 23.2. The summed E-state index contributed by atoms with van der Waals surface area (Å²) >= 11 is 2.22. The van der Waals surface area contributed by atoms with E-state index in [1.54, 1.807) is 12.4 Å². The van der Waals surface area contributed by atoms with Crippen LogP contribution in [0.4, 0.5) is 11.8 Å². The van der Waals surface area contributed by atoms with E-state index in [4.69, 9.17) is 4.98 Å². The molecule has 172 valence electrons. The quantitative estimate of drug-likeness (QED) is 0.228. The van der Waals surface area contributed by atoms with Crippen LogP contribution in [0.1, 0.15) is 25.0 Å². The van der Waals surface area contributed by atoms with E-state index < -0.39 is 0 Å². The summed E-state index contributed by atoms with van der Waals surface area (Å²) in [5.41, 5.74) is 3.23. The van der Waals surface area contributed by atoms with Gasteiger partial charge in [-0.25, -0.2) is 4.98 Å². The molecule has 0 aliphatic heterocycles. The fraction of sp³-hybridized carbons (Fsp3) is 0.292. The van der Waals surface area contributed by atoms with E-state index in [2.05, 4.69) is 55.3 Å². The topological polar surface area (TPSA) is 108 Å². The lowest BCUT2D eigenvalue weighted by molar-refractivity contribution is 0.248. The molecule has 2 aromatic carbocycles. The number of hydrogen-bond acceptors (Lipinski definition) is 7. The number of benzene rings is 2. The highest BCUT2D eigenvalue weighted by atomic mass is 127. The number of phenolic OH excluding ortho intramolecular Hbond substituents is 1. The molecular formula is C24H27IN6O2. The molecule has 0 aliphatic rings. The number of anilines is 2. The van der Waals surface area contributed by atoms with Crippen molar-refractivity contribution >= 4 is 45.5 Å². The maximum atomic E-state index is 10.2. The maximum Gasteiger partial charge on any atom is 0.227 e. The second-order valence-electron chi connectivity index (χ2n) is 8.23. The van der Waals surface area contributed by atoms with E-state index in [1.165, 1.54) is 0 Å². The smallest absolute Gasteiger partial charge is 0.227 e. The van der Waals surface area contributed by atoms with E-state index in [9.17, 15) is 10.2 Å². The van der Waals surface area contributed by atoms with Gasteiger partial charge in [-0.05, 0) is 52.3 Å². The Labute approximate surface area is 206 Å². The van der Waals surface area contributed by atoms with Gasteiger partial charge < -0.3 is 25.4 Å². The van der Waals surface area contributed by atoms with E-state index in [1.807, 2.05) is 48.7 Å². The SMILES string of the molecule is CC(C)C(CO)Nc1nc(NCc2cc(I)ccc2O)c2ncn(Cc3ccccc3)c2n1. The Kier molecular flexibility index (Phi) is 7.29. The molecule has 1 atom stereocenters. The predicted octanol–water partition coefficient (Wildman–Crippen LogP) is 4.23. The molecule has 0 saturated heterocycles. The minimum Gasteiger partial charge on any atom is -0.508 e. The summed E-state index contributed by atoms with van der Waals surface area (Å²) in [5, 5.41) is 26.6. The molecule has 0 saturated carbocycles. The van der Waals surface area contributed by atoms with Crippen LogP contribution in [0.5, 0.6) is 5.75 Å². The fourth-order valence-corrected chi connectivity index (χ4v) is 4.05. The van der Waals surface area contributed by atoms with Crippen LogP contribution in [-0.2, 0) is 13.1 Å². The van der Waals surface area contributed by atoms with Gasteiger partial charge in [-0.2, -0.15) is 9.97 Å². The van der Waals surface area contributed by atoms with E-state index in [-0.39, 0.29) is 24.3 Å². The van der Waals surface area contributed by atoms with Gasteiger partial charge in [-0.1, -0.05) is 44.2 Å². The van der Waals surface area contributed by atoms with Crippen molar-refractivity contribution in [2.24, 2.45) is 5.92 Å². The summed E-state index contributed by atoms with van der Waals surface area (Å²) in [6, 6.07) is 15.4. The Hall–Kier alpha value is -2.92. The number of fused-ring (bicyclic) bond motifs is 1. The van der Waals surface area contributed by atoms with E-state index >= 15 is 0 Å². The Morgan fingerprint density at radius 3 is 2.61 bits per heavy atom. The minimum atomic E-state index is -0.180. The lowest BCUT2D eigenvalue weighted by Gasteiger charge is -2.20. The van der Waals surface area contributed by atoms with Crippen LogP contribution in [0, 0.1) is 9.49 Å². The van der Waals surface area contributed by atoms with Crippen LogP contribution in [0.2, 0.25) is 0 Å². The second kappa shape index (κ2) is 10.3. The number of rotatable bonds is 9. The fourth-order valence-electron chi connectivity index (χ4n) is 3.49. The van der Waals surface area contributed by atoms with Gasteiger partial charge in [0.1, 0.15) is 5.75 Å². The van der Waals surface area contributed by atoms with Gasteiger partial charge in [0.2, 0.25) is 5.95 Å². The van der Waals surface area contributed by atoms with Gasteiger partial charge in [0, 0.05) is 15.7 Å². The number of aliphatic hydroxyl groups is 1. The van der Waals surface area contributed by atoms with Gasteiger partial charge in [0.05, 0.1) is 25.5 Å². The van der Waals surface area contributed by atoms with Crippen LogP contribution in [-0.4, -0.2) is 42.4 Å². The van der Waals surface area contributed by atoms with Crippen molar-refractivity contribution in [3.05, 3.63) is 69.6 Å². The van der Waals surface area contributed by atoms with Crippen LogP contribution in [0.3, 0.4) is 0 Å². The molecule has 2 heterocycles. The van der Waals surface area contributed by atoms with E-state index in [0.29, 0.717) is 36.0 Å². The third-order valence-electron chi connectivity index (χ3n) is 5.46. The number of aromatic nitrogens is 4. The van der Waals surface area contributed by atoms with Crippen molar-refractivity contribution in [3.8, 4) is 5.75 Å². The first-order valence-corrected chi connectivity index (χ1v) is 11.9. The molecule has 0 aliphatic carbocycles. The van der Waals surface area contributed by atoms with Gasteiger partial charge in [-0.3, -0.25) is 0 Å². The van der Waals surface area contributed by atoms with Crippen LogP contribution < -0.4 is 10.6 Å². The number of aromatic hydroxyl groups is 1. The average molecular weight is 558 g/mol. The molecule has 4 rings (SSSR count). The van der Waals surface area contributed by atoms with Crippen molar-refractivity contribution in [3.63, 3.8) is 0 Å². The molecule has 0 bridgehead atoms. The highest BCUT2D eigenvalue weighted by Gasteiger charge is 2.18. The van der Waals surface area contributed by atoms with Crippen molar-refractivity contribution in [1.29, 1.82) is 0 Å². The van der Waals surface area contributed by atoms with Crippen molar-refractivity contribution in [2.75, 3.05) is 17.2 Å². The normalized spacial score (nSPS) is 12.3. The molecular weight excluding hydrogens is 531 g/mol. The second-order valence-corrected chi connectivity index (χ2v) is 9.48. The Morgan fingerprint density at radius 1 is 1.09 bits per heavy atom. The first-order valence-electron chi connectivity index (χ1n) is 10.8. The zero-order chi connectivity index (χ0) is 23.4. The van der Waals surface area contributed by atoms with Gasteiger partial charge in [0.15, 0.2) is 17.0 Å². The summed E-state index contributed by atoms with van der Waals surface area (Å²) in [5.74, 6) is 1.40. The molecule has 4 aromatic rings. The van der Waals surface area contributed by atoms with Crippen molar-refractivity contribution < 1.29 is 10.2 Å². The zero-order valence-corrected chi connectivity index (χ0v) is 20.7. The molecule has 0 spiro atoms. The van der Waals surface area contributed by atoms with E-state index in [0.717, 1.165) is 14.7 Å². The molecule has 0 radical (unpaired) electrons. The van der Waals surface area contributed by atoms with Crippen LogP contribution >= 0.6 is 22.6 Å². The number of nitrogens with zero attached hydrogens (tertiary/aromatic N) is 4. The van der Waals surface area contributed by atoms with Gasteiger partial charge in [-0.15, -0.1) is 0 Å². The molecule has 8 nitrogen and oxygen atoms in total. The van der Waals surface area contributed by atoms with Gasteiger partial charge >= 0.3 is 0 Å². The largest absolute Gasteiger partial charge is 0.508 e. The number of imidazole rings is 1. The highest BCUT2D eigenvalue weighted by Crippen LogP contribution is 2.25. The average Bonchev–Trinajstić information content (AvgIpc) is 3.21. The highest BCUT2D eigenvalue weighted by molar-refractivity contribution is 14.1. The summed E-state index contributed by atoms with van der Waals surface area (Å²) < 4.78 is 3.02. The summed E-state index contributed by atoms with van der Waals surface area (Å²) in [6.45, 7) is 5.05. The number of hydrogen-bond donors (Lipinski definition) is 4. The Balaban J connectivity index is 1.71. The molecule has 0 fully saturated rings. The maximum absolute atomic E-state index is 10.2. The lowest BCUT2D eigenvalue weighted by Crippen LogP contribution is -2.30. The molecule has 1 unspecified atom stereocenters. The molecule has 9 heteroatoms. The number of phenols is 1. The Bertz CT molecular complexity index is 1230. The molecule has 2 aromatic heterocycles. The summed E-state index contributed by atoms with van der Waals surface area (Å²) in [4.78, 5) is 14.0. The minimum absolute atomic E-state index is 0.0264. The Morgan fingerprint density at radius 2 is 1.88 bits per heavy atom. The van der Waals surface area contributed by atoms with Gasteiger partial charge in [0.25, 0.3) is 0 Å². The monoisotopic (exact) mass is 558 g/mol. The van der Waals surface area contributed by atoms with Crippen molar-refractivity contribution in [2.45, 2.75) is 33.0 Å². The number of aliphatic hydroxyl groups excluding tert-OH is 1. The third-order valence-corrected chi connectivity index (χ3v) is 6.13. The molecule has 33 heavy (non-hydrogen) atoms. The van der Waals surface area contributed by atoms with Crippen LogP contribution in [0.25, 0.3) is 11.2 Å². The lowest BCUT2D eigenvalue weighted by atomic mass is 10.1. The zero-order valence-electron chi connectivity index (χ0n) is 18.5. The number of halogens is 1. The third kappa shape index (κ3) is 5.53. The molecule has 0 amide bonds. The van der Waals surface area contributed by atoms with Crippen molar-refractivity contribution in [1.82, 2.24) is 19.5 Å². The first-order chi connectivity index (χ1) is 15.9. The number of nitrogens with one attached hydrogen (secondary N) is 2. The van der Waals surface area contributed by atoms with Crippen LogP contribution in [0.15, 0.2) is 54.9 Å². The summed E-state index contributed by atoms with van der Waals surface area (Å²) in [6.07, 6.45) is 1.76. The predicted molar refractivity (Wildman–Crippen MR) is 138 cm³/mol. The summed E-state index contributed by atoms with van der Waals surface area (Å²) in [7, 11) is 0.